The second-order valence-electron chi connectivity index (χ2n) is 5.87. The third-order valence-electron chi connectivity index (χ3n) is 3.99. The van der Waals surface area contributed by atoms with E-state index >= 15 is 0 Å². The molecular formula is C18H15FN4OS. The zero-order valence-electron chi connectivity index (χ0n) is 13.3. The van der Waals surface area contributed by atoms with Gasteiger partial charge in [0.05, 0.1) is 5.75 Å². The fourth-order valence-corrected chi connectivity index (χ4v) is 3.51. The van der Waals surface area contributed by atoms with Crippen LogP contribution in [0.1, 0.15) is 29.2 Å². The number of benzene rings is 1. The van der Waals surface area contributed by atoms with E-state index in [9.17, 15) is 9.18 Å². The van der Waals surface area contributed by atoms with Crippen LogP contribution in [0.25, 0.3) is 11.4 Å². The predicted octanol–water partition coefficient (Wildman–Crippen LogP) is 3.79. The highest BCUT2D eigenvalue weighted by Crippen LogP contribution is 2.41. The first kappa shape index (κ1) is 16.0. The van der Waals surface area contributed by atoms with Crippen molar-refractivity contribution >= 4 is 17.5 Å². The second kappa shape index (κ2) is 6.76. The lowest BCUT2D eigenvalue weighted by molar-refractivity contribution is 0.102. The van der Waals surface area contributed by atoms with Crippen molar-refractivity contribution in [2.75, 3.05) is 5.75 Å². The number of thioether (sulfide) groups is 1. The van der Waals surface area contributed by atoms with Crippen molar-refractivity contribution in [3.63, 3.8) is 0 Å². The first-order valence-corrected chi connectivity index (χ1v) is 8.98. The van der Waals surface area contributed by atoms with Gasteiger partial charge in [-0.15, -0.1) is 10.2 Å². The number of rotatable bonds is 6. The summed E-state index contributed by atoms with van der Waals surface area (Å²) >= 11 is 1.34. The molecule has 0 spiro atoms. The summed E-state index contributed by atoms with van der Waals surface area (Å²) < 4.78 is 15.4. The highest BCUT2D eigenvalue weighted by Gasteiger charge is 2.30. The van der Waals surface area contributed by atoms with E-state index < -0.39 is 5.82 Å². The monoisotopic (exact) mass is 354 g/mol. The Morgan fingerprint density at radius 2 is 2.00 bits per heavy atom. The molecule has 1 saturated carbocycles. The predicted molar refractivity (Wildman–Crippen MR) is 93.0 cm³/mol. The van der Waals surface area contributed by atoms with E-state index in [1.807, 2.05) is 12.1 Å². The van der Waals surface area contributed by atoms with E-state index in [1.165, 1.54) is 23.9 Å². The van der Waals surface area contributed by atoms with Gasteiger partial charge in [0.2, 0.25) is 0 Å². The lowest BCUT2D eigenvalue weighted by Crippen LogP contribution is -2.05. The molecule has 0 amide bonds. The molecule has 0 atom stereocenters. The van der Waals surface area contributed by atoms with E-state index in [4.69, 9.17) is 0 Å². The molecule has 126 valence electrons. The largest absolute Gasteiger partial charge is 0.299 e. The van der Waals surface area contributed by atoms with Crippen LogP contribution in [0.4, 0.5) is 4.39 Å². The van der Waals surface area contributed by atoms with Crippen molar-refractivity contribution in [2.24, 2.45) is 0 Å². The van der Waals surface area contributed by atoms with Gasteiger partial charge < -0.3 is 0 Å². The van der Waals surface area contributed by atoms with Crippen LogP contribution in [0.15, 0.2) is 53.9 Å². The molecule has 2 heterocycles. The van der Waals surface area contributed by atoms with Gasteiger partial charge in [0, 0.05) is 29.6 Å². The molecule has 0 aliphatic heterocycles. The van der Waals surface area contributed by atoms with Gasteiger partial charge in [-0.2, -0.15) is 0 Å². The summed E-state index contributed by atoms with van der Waals surface area (Å²) in [6.07, 6.45) is 5.62. The Kier molecular flexibility index (Phi) is 4.31. The van der Waals surface area contributed by atoms with Crippen LogP contribution >= 0.6 is 11.8 Å². The number of halogens is 1. The van der Waals surface area contributed by atoms with E-state index in [0.29, 0.717) is 11.6 Å². The molecule has 7 heteroatoms. The smallest absolute Gasteiger partial charge is 0.192 e. The number of carbonyl (C=O) groups is 1. The first-order chi connectivity index (χ1) is 12.2. The molecule has 0 bridgehead atoms. The highest BCUT2D eigenvalue weighted by molar-refractivity contribution is 7.99. The number of carbonyl (C=O) groups excluding carboxylic acids is 1. The van der Waals surface area contributed by atoms with Crippen molar-refractivity contribution in [1.82, 2.24) is 19.7 Å². The van der Waals surface area contributed by atoms with Crippen molar-refractivity contribution in [3.8, 4) is 11.4 Å². The third kappa shape index (κ3) is 3.46. The fraction of sp³-hybridized carbons (Fsp3) is 0.222. The number of Topliss-reactive ketones (excluding diaryl/α,β-unsaturated/α-hetero) is 1. The van der Waals surface area contributed by atoms with Crippen molar-refractivity contribution < 1.29 is 9.18 Å². The minimum absolute atomic E-state index is 0.125. The lowest BCUT2D eigenvalue weighted by Gasteiger charge is -2.08. The second-order valence-corrected chi connectivity index (χ2v) is 6.81. The lowest BCUT2D eigenvalue weighted by atomic mass is 10.1. The van der Waals surface area contributed by atoms with Crippen LogP contribution in [-0.4, -0.2) is 31.3 Å². The molecule has 2 aromatic heterocycles. The molecule has 1 aliphatic carbocycles. The molecule has 0 unspecified atom stereocenters. The Hall–Kier alpha value is -2.54. The van der Waals surface area contributed by atoms with Crippen molar-refractivity contribution in [3.05, 3.63) is 60.2 Å². The van der Waals surface area contributed by atoms with Crippen molar-refractivity contribution in [1.29, 1.82) is 0 Å². The first-order valence-electron chi connectivity index (χ1n) is 7.99. The summed E-state index contributed by atoms with van der Waals surface area (Å²) in [6.45, 7) is 0. The molecule has 1 aromatic carbocycles. The molecule has 3 aromatic rings. The average molecular weight is 354 g/mol. The van der Waals surface area contributed by atoms with Gasteiger partial charge in [0.1, 0.15) is 5.82 Å². The molecule has 25 heavy (non-hydrogen) atoms. The summed E-state index contributed by atoms with van der Waals surface area (Å²) in [5.41, 5.74) is 1.33. The third-order valence-corrected chi connectivity index (χ3v) is 4.94. The number of hydrogen-bond donors (Lipinski definition) is 0. The van der Waals surface area contributed by atoms with E-state index in [1.54, 1.807) is 24.5 Å². The molecule has 1 aliphatic rings. The average Bonchev–Trinajstić information content (AvgIpc) is 3.39. The maximum absolute atomic E-state index is 13.3. The van der Waals surface area contributed by atoms with Gasteiger partial charge in [-0.3, -0.25) is 14.3 Å². The quantitative estimate of drug-likeness (QED) is 0.498. The molecular weight excluding hydrogens is 339 g/mol. The molecule has 5 nitrogen and oxygen atoms in total. The molecule has 0 radical (unpaired) electrons. The summed E-state index contributed by atoms with van der Waals surface area (Å²) in [5, 5.41) is 9.29. The molecule has 0 saturated heterocycles. The topological polar surface area (TPSA) is 60.7 Å². The molecule has 0 N–H and O–H groups in total. The van der Waals surface area contributed by atoms with E-state index in [-0.39, 0.29) is 11.5 Å². The van der Waals surface area contributed by atoms with Crippen LogP contribution in [0.2, 0.25) is 0 Å². The van der Waals surface area contributed by atoms with Gasteiger partial charge in [-0.1, -0.05) is 23.9 Å². The summed E-state index contributed by atoms with van der Waals surface area (Å²) in [4.78, 5) is 16.3. The van der Waals surface area contributed by atoms with E-state index in [0.717, 1.165) is 29.4 Å². The maximum Gasteiger partial charge on any atom is 0.192 e. The van der Waals surface area contributed by atoms with Gasteiger partial charge >= 0.3 is 0 Å². The van der Waals surface area contributed by atoms with Gasteiger partial charge in [-0.05, 0) is 37.1 Å². The van der Waals surface area contributed by atoms with Gasteiger partial charge in [0.15, 0.2) is 16.8 Å². The van der Waals surface area contributed by atoms with Crippen LogP contribution in [0, 0.1) is 5.82 Å². The highest BCUT2D eigenvalue weighted by atomic mass is 32.2. The minimum atomic E-state index is -0.406. The summed E-state index contributed by atoms with van der Waals surface area (Å²) in [7, 11) is 0. The number of pyridine rings is 1. The molecule has 1 fully saturated rings. The number of aromatic nitrogens is 4. The van der Waals surface area contributed by atoms with Crippen LogP contribution < -0.4 is 0 Å². The standard InChI is InChI=1S/C18H15FN4OS/c19-14-3-1-2-13(10-14)16(24)11-25-18-22-21-17(23(18)15-4-5-15)12-6-8-20-9-7-12/h1-3,6-10,15H,4-5,11H2. The Morgan fingerprint density at radius 3 is 2.72 bits per heavy atom. The Bertz CT molecular complexity index is 908. The number of ketones is 1. The fourth-order valence-electron chi connectivity index (χ4n) is 2.61. The number of nitrogens with zero attached hydrogens (tertiary/aromatic N) is 4. The normalized spacial score (nSPS) is 13.8. The van der Waals surface area contributed by atoms with Gasteiger partial charge in [0.25, 0.3) is 0 Å². The number of hydrogen-bond acceptors (Lipinski definition) is 5. The summed E-state index contributed by atoms with van der Waals surface area (Å²) in [5.74, 6) is 0.466. The Morgan fingerprint density at radius 1 is 1.20 bits per heavy atom. The Labute approximate surface area is 148 Å². The van der Waals surface area contributed by atoms with Crippen LogP contribution in [0.5, 0.6) is 0 Å². The summed E-state index contributed by atoms with van der Waals surface area (Å²) in [6, 6.07) is 9.93. The minimum Gasteiger partial charge on any atom is -0.299 e. The maximum atomic E-state index is 13.3. The van der Waals surface area contributed by atoms with Crippen LogP contribution in [0.3, 0.4) is 0 Å². The molecule has 4 rings (SSSR count). The van der Waals surface area contributed by atoms with Crippen LogP contribution in [-0.2, 0) is 0 Å². The Balaban J connectivity index is 1.55. The SMILES string of the molecule is O=C(CSc1nnc(-c2ccncc2)n1C1CC1)c1cccc(F)c1. The van der Waals surface area contributed by atoms with Crippen molar-refractivity contribution in [2.45, 2.75) is 24.0 Å². The zero-order chi connectivity index (χ0) is 17.2. The zero-order valence-corrected chi connectivity index (χ0v) is 14.1. The van der Waals surface area contributed by atoms with Gasteiger partial charge in [-0.25, -0.2) is 4.39 Å². The van der Waals surface area contributed by atoms with E-state index in [2.05, 4.69) is 19.7 Å².